The van der Waals surface area contributed by atoms with E-state index in [1.54, 1.807) is 12.3 Å². The summed E-state index contributed by atoms with van der Waals surface area (Å²) in [4.78, 5) is 17.8. The van der Waals surface area contributed by atoms with Gasteiger partial charge in [0.05, 0.1) is 18.4 Å². The molecule has 0 fully saturated rings. The average Bonchev–Trinajstić information content (AvgIpc) is 2.54. The van der Waals surface area contributed by atoms with Crippen LogP contribution in [0.3, 0.4) is 0 Å². The number of rotatable bonds is 6. The zero-order valence-corrected chi connectivity index (χ0v) is 13.0. The third-order valence-electron chi connectivity index (χ3n) is 3.35. The van der Waals surface area contributed by atoms with Crippen LogP contribution in [0, 0.1) is 0 Å². The first kappa shape index (κ1) is 16.0. The van der Waals surface area contributed by atoms with Crippen molar-refractivity contribution in [2.45, 2.75) is 26.4 Å². The van der Waals surface area contributed by atoms with Crippen molar-refractivity contribution in [1.29, 1.82) is 0 Å². The predicted octanol–water partition coefficient (Wildman–Crippen LogP) is 2.39. The topological polar surface area (TPSA) is 71.2 Å². The second kappa shape index (κ2) is 7.56. The Morgan fingerprint density at radius 2 is 1.95 bits per heavy atom. The molecule has 1 aromatic carbocycles. The van der Waals surface area contributed by atoms with Crippen LogP contribution in [0.5, 0.6) is 0 Å². The fourth-order valence-electron chi connectivity index (χ4n) is 2.18. The van der Waals surface area contributed by atoms with Gasteiger partial charge in [0.2, 0.25) is 5.91 Å². The summed E-state index contributed by atoms with van der Waals surface area (Å²) in [6.07, 6.45) is 1.77. The Morgan fingerprint density at radius 1 is 1.23 bits per heavy atom. The number of carbonyl (C=O) groups is 1. The van der Waals surface area contributed by atoms with Crippen LogP contribution in [0.4, 0.5) is 11.5 Å². The molecule has 5 heteroatoms. The maximum absolute atomic E-state index is 11.3. The first-order valence-corrected chi connectivity index (χ1v) is 7.36. The molecule has 0 bridgehead atoms. The van der Waals surface area contributed by atoms with Gasteiger partial charge in [-0.15, -0.1) is 0 Å². The molecule has 2 aromatic rings. The molecule has 116 valence electrons. The Morgan fingerprint density at radius 3 is 2.50 bits per heavy atom. The van der Waals surface area contributed by atoms with Crippen LogP contribution >= 0.6 is 0 Å². The number of nitrogens with zero attached hydrogens (tertiary/aromatic N) is 2. The minimum Gasteiger partial charge on any atom is -0.364 e. The van der Waals surface area contributed by atoms with Crippen molar-refractivity contribution in [2.24, 2.45) is 5.73 Å². The van der Waals surface area contributed by atoms with Crippen LogP contribution in [0.25, 0.3) is 0 Å². The Kier molecular flexibility index (Phi) is 5.49. The highest BCUT2D eigenvalue weighted by atomic mass is 16.1. The van der Waals surface area contributed by atoms with Crippen molar-refractivity contribution in [3.8, 4) is 0 Å². The van der Waals surface area contributed by atoms with E-state index in [2.05, 4.69) is 41.2 Å². The maximum atomic E-state index is 11.3. The van der Waals surface area contributed by atoms with Crippen LogP contribution in [0.1, 0.15) is 19.4 Å². The number of nitrogens with one attached hydrogen (secondary N) is 1. The number of amides is 1. The molecular formula is C17H22N4O. The molecule has 0 atom stereocenters. The van der Waals surface area contributed by atoms with E-state index in [0.29, 0.717) is 11.9 Å². The van der Waals surface area contributed by atoms with Gasteiger partial charge in [0.1, 0.15) is 5.82 Å². The largest absolute Gasteiger partial charge is 0.364 e. The monoisotopic (exact) mass is 298 g/mol. The SMILES string of the molecule is CC(C)N(Cc1ccccc1)c1ccc(NC(=O)CN)nc1. The van der Waals surface area contributed by atoms with Gasteiger partial charge in [-0.05, 0) is 31.5 Å². The summed E-state index contributed by atoms with van der Waals surface area (Å²) in [6, 6.07) is 14.4. The molecule has 3 N–H and O–H groups in total. The zero-order valence-electron chi connectivity index (χ0n) is 13.0. The van der Waals surface area contributed by atoms with Gasteiger partial charge >= 0.3 is 0 Å². The fraction of sp³-hybridized carbons (Fsp3) is 0.294. The molecule has 2 rings (SSSR count). The molecule has 0 spiro atoms. The summed E-state index contributed by atoms with van der Waals surface area (Å²) < 4.78 is 0. The quantitative estimate of drug-likeness (QED) is 0.859. The molecule has 0 aliphatic carbocycles. The van der Waals surface area contributed by atoms with Gasteiger partial charge in [0, 0.05) is 12.6 Å². The second-order valence-electron chi connectivity index (χ2n) is 5.36. The number of hydrogen-bond acceptors (Lipinski definition) is 4. The van der Waals surface area contributed by atoms with Crippen molar-refractivity contribution in [2.75, 3.05) is 16.8 Å². The first-order chi connectivity index (χ1) is 10.6. The summed E-state index contributed by atoms with van der Waals surface area (Å²) in [7, 11) is 0. The van der Waals surface area contributed by atoms with Crippen molar-refractivity contribution in [3.05, 3.63) is 54.2 Å². The molecule has 0 radical (unpaired) electrons. The highest BCUT2D eigenvalue weighted by Crippen LogP contribution is 2.20. The number of benzene rings is 1. The summed E-state index contributed by atoms with van der Waals surface area (Å²) in [5.41, 5.74) is 7.54. The van der Waals surface area contributed by atoms with Crippen LogP contribution in [-0.4, -0.2) is 23.5 Å². The van der Waals surface area contributed by atoms with E-state index < -0.39 is 0 Å². The lowest BCUT2D eigenvalue weighted by molar-refractivity contribution is -0.114. The third-order valence-corrected chi connectivity index (χ3v) is 3.35. The van der Waals surface area contributed by atoms with E-state index >= 15 is 0 Å². The van der Waals surface area contributed by atoms with Gasteiger partial charge in [-0.1, -0.05) is 30.3 Å². The Hall–Kier alpha value is -2.40. The standard InChI is InChI=1S/C17H22N4O/c1-13(2)21(12-14-6-4-3-5-7-14)15-8-9-16(19-11-15)20-17(22)10-18/h3-9,11,13H,10,12,18H2,1-2H3,(H,19,20,22). The molecule has 1 aromatic heterocycles. The predicted molar refractivity (Wildman–Crippen MR) is 89.7 cm³/mol. The number of hydrogen-bond donors (Lipinski definition) is 2. The molecule has 1 amide bonds. The summed E-state index contributed by atoms with van der Waals surface area (Å²) >= 11 is 0. The third kappa shape index (κ3) is 4.30. The molecule has 0 aliphatic rings. The van der Waals surface area contributed by atoms with Crippen molar-refractivity contribution < 1.29 is 4.79 Å². The lowest BCUT2D eigenvalue weighted by Crippen LogP contribution is -2.30. The molecule has 0 saturated heterocycles. The van der Waals surface area contributed by atoms with Crippen molar-refractivity contribution in [1.82, 2.24) is 4.98 Å². The Balaban J connectivity index is 2.13. The molecule has 1 heterocycles. The number of aromatic nitrogens is 1. The summed E-state index contributed by atoms with van der Waals surface area (Å²) in [5, 5.41) is 2.64. The maximum Gasteiger partial charge on any atom is 0.239 e. The van der Waals surface area contributed by atoms with Crippen LogP contribution < -0.4 is 16.0 Å². The van der Waals surface area contributed by atoms with Crippen LogP contribution in [-0.2, 0) is 11.3 Å². The van der Waals surface area contributed by atoms with E-state index in [-0.39, 0.29) is 12.5 Å². The van der Waals surface area contributed by atoms with E-state index in [0.717, 1.165) is 12.2 Å². The highest BCUT2D eigenvalue weighted by Gasteiger charge is 2.12. The van der Waals surface area contributed by atoms with Gasteiger partial charge in [-0.25, -0.2) is 4.98 Å². The zero-order chi connectivity index (χ0) is 15.9. The van der Waals surface area contributed by atoms with Crippen LogP contribution in [0.15, 0.2) is 48.7 Å². The minimum absolute atomic E-state index is 0.0461. The Bertz CT molecular complexity index is 596. The normalized spacial score (nSPS) is 10.5. The first-order valence-electron chi connectivity index (χ1n) is 7.36. The van der Waals surface area contributed by atoms with Gasteiger partial charge in [0.25, 0.3) is 0 Å². The lowest BCUT2D eigenvalue weighted by Gasteiger charge is -2.29. The van der Waals surface area contributed by atoms with Crippen molar-refractivity contribution in [3.63, 3.8) is 0 Å². The number of anilines is 2. The van der Waals surface area contributed by atoms with Gasteiger partial charge in [-0.2, -0.15) is 0 Å². The molecule has 0 saturated carbocycles. The Labute approximate surface area is 131 Å². The number of pyridine rings is 1. The van der Waals surface area contributed by atoms with Gasteiger partial charge in [0.15, 0.2) is 0 Å². The van der Waals surface area contributed by atoms with E-state index in [1.807, 2.05) is 24.3 Å². The van der Waals surface area contributed by atoms with E-state index in [4.69, 9.17) is 5.73 Å². The smallest absolute Gasteiger partial charge is 0.239 e. The van der Waals surface area contributed by atoms with E-state index in [9.17, 15) is 4.79 Å². The molecular weight excluding hydrogens is 276 g/mol. The number of nitrogens with two attached hydrogens (primary N) is 1. The highest BCUT2D eigenvalue weighted by molar-refractivity contribution is 5.91. The fourth-order valence-corrected chi connectivity index (χ4v) is 2.18. The average molecular weight is 298 g/mol. The molecule has 22 heavy (non-hydrogen) atoms. The summed E-state index contributed by atoms with van der Waals surface area (Å²) in [6.45, 7) is 5.06. The van der Waals surface area contributed by atoms with Crippen molar-refractivity contribution >= 4 is 17.4 Å². The van der Waals surface area contributed by atoms with E-state index in [1.165, 1.54) is 5.56 Å². The minimum atomic E-state index is -0.245. The molecule has 5 nitrogen and oxygen atoms in total. The van der Waals surface area contributed by atoms with Crippen LogP contribution in [0.2, 0.25) is 0 Å². The molecule has 0 aliphatic heterocycles. The van der Waals surface area contributed by atoms with Gasteiger partial charge in [-0.3, -0.25) is 4.79 Å². The second-order valence-corrected chi connectivity index (χ2v) is 5.36. The molecule has 0 unspecified atom stereocenters. The van der Waals surface area contributed by atoms with Gasteiger partial charge < -0.3 is 16.0 Å². The number of carbonyl (C=O) groups excluding carboxylic acids is 1. The lowest BCUT2D eigenvalue weighted by atomic mass is 10.1. The summed E-state index contributed by atoms with van der Waals surface area (Å²) in [5.74, 6) is 0.271.